The summed E-state index contributed by atoms with van der Waals surface area (Å²) in [5.74, 6) is 0.102. The number of carbonyl (C=O) groups is 2. The fraction of sp³-hybridized carbons (Fsp3) is 0.405. The predicted molar refractivity (Wildman–Crippen MR) is 180 cm³/mol. The third kappa shape index (κ3) is 9.52. The predicted octanol–water partition coefficient (Wildman–Crippen LogP) is 6.13. The number of hydrogen-bond donors (Lipinski definition) is 2. The van der Waals surface area contributed by atoms with Gasteiger partial charge in [0, 0.05) is 42.7 Å². The summed E-state index contributed by atoms with van der Waals surface area (Å²) in [4.78, 5) is 31.4. The first-order valence-corrected chi connectivity index (χ1v) is 16.5. The summed E-state index contributed by atoms with van der Waals surface area (Å²) in [7, 11) is 0. The second-order valence-electron chi connectivity index (χ2n) is 12.0. The highest BCUT2D eigenvalue weighted by molar-refractivity contribution is 6.30. The lowest BCUT2D eigenvalue weighted by Gasteiger charge is -2.30. The number of likely N-dealkylation sites (tertiary alicyclic amines) is 1. The quantitative estimate of drug-likeness (QED) is 0.242. The first-order valence-electron chi connectivity index (χ1n) is 16.1. The van der Waals surface area contributed by atoms with Crippen LogP contribution in [0.5, 0.6) is 0 Å². The fourth-order valence-electron chi connectivity index (χ4n) is 6.36. The summed E-state index contributed by atoms with van der Waals surface area (Å²) in [6.45, 7) is 5.08. The van der Waals surface area contributed by atoms with Crippen molar-refractivity contribution in [2.45, 2.75) is 56.5 Å². The van der Waals surface area contributed by atoms with E-state index in [2.05, 4.69) is 69.0 Å². The van der Waals surface area contributed by atoms with E-state index in [0.717, 1.165) is 44.5 Å². The third-order valence-electron chi connectivity index (χ3n) is 8.84. The van der Waals surface area contributed by atoms with Crippen LogP contribution in [0.25, 0.3) is 6.08 Å². The molecule has 232 valence electrons. The second-order valence-corrected chi connectivity index (χ2v) is 12.5. The van der Waals surface area contributed by atoms with Crippen LogP contribution in [0.1, 0.15) is 61.1 Å². The largest absolute Gasteiger partial charge is 0.351 e. The van der Waals surface area contributed by atoms with Crippen molar-refractivity contribution in [2.24, 2.45) is 0 Å². The molecule has 0 bridgehead atoms. The molecular formula is C37H45ClN4O2. The number of hydrogen-bond acceptors (Lipinski definition) is 4. The van der Waals surface area contributed by atoms with Gasteiger partial charge in [-0.05, 0) is 86.6 Å². The van der Waals surface area contributed by atoms with Gasteiger partial charge in [0.2, 0.25) is 11.8 Å². The number of nitrogens with zero attached hydrogens (tertiary/aromatic N) is 2. The first-order chi connectivity index (χ1) is 21.5. The Kier molecular flexibility index (Phi) is 12.0. The molecule has 0 radical (unpaired) electrons. The van der Waals surface area contributed by atoms with Crippen LogP contribution in [0.3, 0.4) is 0 Å². The molecule has 2 fully saturated rings. The highest BCUT2D eigenvalue weighted by Crippen LogP contribution is 2.27. The van der Waals surface area contributed by atoms with Gasteiger partial charge in [0.05, 0.1) is 6.04 Å². The van der Waals surface area contributed by atoms with Gasteiger partial charge in [-0.1, -0.05) is 90.8 Å². The van der Waals surface area contributed by atoms with E-state index in [1.54, 1.807) is 12.2 Å². The van der Waals surface area contributed by atoms with Gasteiger partial charge in [0.15, 0.2) is 0 Å². The number of amides is 2. The Bertz CT molecular complexity index is 1300. The van der Waals surface area contributed by atoms with Crippen molar-refractivity contribution in [3.05, 3.63) is 113 Å². The van der Waals surface area contributed by atoms with E-state index in [-0.39, 0.29) is 29.8 Å². The molecule has 7 heteroatoms. The van der Waals surface area contributed by atoms with Gasteiger partial charge in [-0.15, -0.1) is 0 Å². The van der Waals surface area contributed by atoms with Crippen LogP contribution < -0.4 is 10.6 Å². The molecule has 0 aliphatic carbocycles. The van der Waals surface area contributed by atoms with Gasteiger partial charge in [0.1, 0.15) is 0 Å². The van der Waals surface area contributed by atoms with Crippen LogP contribution in [0.4, 0.5) is 0 Å². The minimum atomic E-state index is -0.277. The lowest BCUT2D eigenvalue weighted by atomic mass is 9.90. The van der Waals surface area contributed by atoms with Crippen LogP contribution >= 0.6 is 11.6 Å². The SMILES string of the molecule is O=C(C=Cc1ccc(Cl)cc1)NC[C@@H]1CCN(CC(c2ccccc2)c2ccccc2)C(=O)[C@H](CCCN2CCCCC2)N1. The Hall–Kier alpha value is -3.45. The Labute approximate surface area is 267 Å². The standard InChI is InChI=1S/C37H45ClN4O2/c38-32-19-16-29(17-20-32)18-21-36(43)39-27-33-22-26-42(37(44)35(40-33)15-10-25-41-23-8-3-9-24-41)28-34(30-11-4-1-5-12-30)31-13-6-2-7-14-31/h1-2,4-7,11-14,16-21,33-35,40H,3,8-10,15,22-28H2,(H,39,43)/t33-,35-/m0/s1. The Morgan fingerprint density at radius 2 is 1.57 bits per heavy atom. The van der Waals surface area contributed by atoms with Gasteiger partial charge in [-0.25, -0.2) is 0 Å². The molecule has 2 heterocycles. The summed E-state index contributed by atoms with van der Waals surface area (Å²) in [6, 6.07) is 28.1. The number of nitrogens with one attached hydrogen (secondary N) is 2. The molecule has 3 aromatic carbocycles. The summed E-state index contributed by atoms with van der Waals surface area (Å²) in [6.07, 6.45) is 9.72. The van der Waals surface area contributed by atoms with Crippen molar-refractivity contribution in [2.75, 3.05) is 39.3 Å². The molecule has 2 aliphatic heterocycles. The van der Waals surface area contributed by atoms with Gasteiger partial charge < -0.3 is 20.4 Å². The molecule has 5 rings (SSSR count). The van der Waals surface area contributed by atoms with Crippen LogP contribution in [-0.4, -0.2) is 73.0 Å². The monoisotopic (exact) mass is 612 g/mol. The molecule has 2 aliphatic rings. The summed E-state index contributed by atoms with van der Waals surface area (Å²) in [5.41, 5.74) is 3.34. The van der Waals surface area contributed by atoms with Gasteiger partial charge in [-0.3, -0.25) is 9.59 Å². The smallest absolute Gasteiger partial charge is 0.244 e. The minimum Gasteiger partial charge on any atom is -0.351 e. The molecule has 6 nitrogen and oxygen atoms in total. The number of benzene rings is 3. The van der Waals surface area contributed by atoms with Crippen molar-refractivity contribution in [1.29, 1.82) is 0 Å². The first kappa shape index (κ1) is 32.0. The molecule has 2 N–H and O–H groups in total. The van der Waals surface area contributed by atoms with Gasteiger partial charge in [-0.2, -0.15) is 0 Å². The highest BCUT2D eigenvalue weighted by Gasteiger charge is 2.32. The van der Waals surface area contributed by atoms with Crippen LogP contribution in [0, 0.1) is 0 Å². The Balaban J connectivity index is 1.26. The van der Waals surface area contributed by atoms with E-state index in [1.807, 2.05) is 36.4 Å². The third-order valence-corrected chi connectivity index (χ3v) is 9.09. The minimum absolute atomic E-state index is 0.00344. The molecule has 0 saturated carbocycles. The van der Waals surface area contributed by atoms with E-state index in [4.69, 9.17) is 11.6 Å². The molecule has 44 heavy (non-hydrogen) atoms. The van der Waals surface area contributed by atoms with Crippen LogP contribution in [0.15, 0.2) is 91.0 Å². The normalized spacial score (nSPS) is 19.8. The zero-order valence-electron chi connectivity index (χ0n) is 25.5. The molecule has 0 spiro atoms. The number of piperidine rings is 1. The van der Waals surface area contributed by atoms with E-state index in [1.165, 1.54) is 30.4 Å². The van der Waals surface area contributed by atoms with E-state index < -0.39 is 0 Å². The molecule has 0 aromatic heterocycles. The lowest BCUT2D eigenvalue weighted by molar-refractivity contribution is -0.133. The molecule has 2 amide bonds. The maximum absolute atomic E-state index is 14.1. The zero-order valence-corrected chi connectivity index (χ0v) is 26.3. The molecule has 0 unspecified atom stereocenters. The van der Waals surface area contributed by atoms with Crippen molar-refractivity contribution in [3.8, 4) is 0 Å². The number of rotatable bonds is 12. The van der Waals surface area contributed by atoms with Crippen LogP contribution in [0.2, 0.25) is 5.02 Å². The van der Waals surface area contributed by atoms with Gasteiger partial charge in [0.25, 0.3) is 0 Å². The molecule has 3 aromatic rings. The van der Waals surface area contributed by atoms with Gasteiger partial charge >= 0.3 is 0 Å². The van der Waals surface area contributed by atoms with Crippen molar-refractivity contribution in [3.63, 3.8) is 0 Å². The van der Waals surface area contributed by atoms with E-state index >= 15 is 0 Å². The van der Waals surface area contributed by atoms with E-state index in [0.29, 0.717) is 24.7 Å². The second kappa shape index (κ2) is 16.6. The van der Waals surface area contributed by atoms with Crippen molar-refractivity contribution in [1.82, 2.24) is 20.4 Å². The fourth-order valence-corrected chi connectivity index (χ4v) is 6.48. The topological polar surface area (TPSA) is 64.7 Å². The summed E-state index contributed by atoms with van der Waals surface area (Å²) >= 11 is 5.98. The summed E-state index contributed by atoms with van der Waals surface area (Å²) in [5, 5.41) is 7.38. The van der Waals surface area contributed by atoms with Crippen molar-refractivity contribution >= 4 is 29.5 Å². The maximum Gasteiger partial charge on any atom is 0.244 e. The maximum atomic E-state index is 14.1. The average Bonchev–Trinajstić information content (AvgIpc) is 3.21. The van der Waals surface area contributed by atoms with Crippen molar-refractivity contribution < 1.29 is 9.59 Å². The highest BCUT2D eigenvalue weighted by atomic mass is 35.5. The van der Waals surface area contributed by atoms with Crippen LogP contribution in [-0.2, 0) is 9.59 Å². The summed E-state index contributed by atoms with van der Waals surface area (Å²) < 4.78 is 0. The lowest BCUT2D eigenvalue weighted by Crippen LogP contribution is -2.49. The van der Waals surface area contributed by atoms with E-state index in [9.17, 15) is 9.59 Å². The number of carbonyl (C=O) groups excluding carboxylic acids is 2. The zero-order chi connectivity index (χ0) is 30.6. The average molecular weight is 613 g/mol. The molecular weight excluding hydrogens is 568 g/mol. The Morgan fingerprint density at radius 3 is 2.23 bits per heavy atom. The Morgan fingerprint density at radius 1 is 0.909 bits per heavy atom. The molecule has 2 atom stereocenters. The molecule has 2 saturated heterocycles. The number of halogens is 1.